The van der Waals surface area contributed by atoms with Crippen molar-refractivity contribution in [2.45, 2.75) is 239 Å². The minimum Gasteiger partial charge on any atom is -0.353 e. The van der Waals surface area contributed by atoms with Gasteiger partial charge in [-0.2, -0.15) is 0 Å². The van der Waals surface area contributed by atoms with Crippen LogP contribution in [0.1, 0.15) is 222 Å². The molecule has 0 rings (SSSR count). The first-order chi connectivity index (χ1) is 32.2. The number of nitrogens with zero attached hydrogens (tertiary/aromatic N) is 2. The Morgan fingerprint density at radius 1 is 0.444 bits per heavy atom. The van der Waals surface area contributed by atoms with E-state index in [1.807, 2.05) is 55.4 Å². The molecule has 9 nitrogen and oxygen atoms in total. The number of hydrogen-bond acceptors (Lipinski definition) is 8. The van der Waals surface area contributed by atoms with Crippen LogP contribution in [0.3, 0.4) is 0 Å². The lowest BCUT2D eigenvalue weighted by Gasteiger charge is -2.38. The maximum atomic E-state index is 10.9. The van der Waals surface area contributed by atoms with Crippen LogP contribution in [0.5, 0.6) is 0 Å². The molecular formula is C62H128N2O7S+2. The molecule has 432 valence electrons. The highest BCUT2D eigenvalue weighted by molar-refractivity contribution is 7.80. The number of carbonyl (C=O) groups excluding carboxylic acids is 3. The van der Waals surface area contributed by atoms with Gasteiger partial charge in [0.2, 0.25) is 17.3 Å². The van der Waals surface area contributed by atoms with Crippen molar-refractivity contribution in [2.24, 2.45) is 82.9 Å². The summed E-state index contributed by atoms with van der Waals surface area (Å²) in [5.74, 6) is 4.86. The maximum Gasteiger partial charge on any atom is 0.208 e. The molecule has 0 aromatic carbocycles. The summed E-state index contributed by atoms with van der Waals surface area (Å²) < 4.78 is 13.6. The number of allylic oxidation sites excluding steroid dienone is 2. The zero-order valence-corrected chi connectivity index (χ0v) is 55.4. The van der Waals surface area contributed by atoms with Gasteiger partial charge in [-0.3, -0.25) is 24.4 Å². The minimum absolute atomic E-state index is 0.157. The van der Waals surface area contributed by atoms with E-state index in [1.165, 1.54) is 20.7 Å². The third-order valence-corrected chi connectivity index (χ3v) is 12.2. The standard InChI is InChI=1S/C9H20O2.C8H18NO.C8H14O2.2C8H16.C7H16NO.C7H14O.C7H14S/c1-7(2)9(10-5,11-6)8(3)4;1-6(2)8(7(3)4)9(5)10;1-5(2)7(9)8(10)6(3)4;2*1-6(2)8(5)7(3)4;1-6(2)8(5)9-7(3)4;2*1-5(2)7(8)6(3)4/h7-8H,1-6H3;6-7,10H,1-5H3;5-6H,1-4H3;2*6-7H,5H2,1-4H3;6-7H,5H2,1-4H3;2*5-6H,1-4H3/q;+1;;;;+1;;. The molecule has 0 aliphatic heterocycles. The Kier molecular flexibility index (Phi) is 56.2. The maximum absolute atomic E-state index is 10.9. The second-order valence-corrected chi connectivity index (χ2v) is 24.1. The first-order valence-corrected chi connectivity index (χ1v) is 27.8. The van der Waals surface area contributed by atoms with Crippen molar-refractivity contribution in [3.63, 3.8) is 0 Å². The van der Waals surface area contributed by atoms with E-state index in [9.17, 15) is 14.4 Å². The molecule has 0 atom stereocenters. The molecular weight excluding hydrogens is 917 g/mol. The number of thiocarbonyl (C=S) groups is 1. The second-order valence-electron chi connectivity index (χ2n) is 23.6. The van der Waals surface area contributed by atoms with Gasteiger partial charge in [-0.25, -0.2) is 0 Å². The van der Waals surface area contributed by atoms with Crippen molar-refractivity contribution >= 4 is 46.9 Å². The molecule has 10 heteroatoms. The SMILES string of the molecule is C=C(C(C)C)C(C)C.C=C(C(C)C)C(C)C.C=[N+](OC(C)C)C(C)C.CC(C)C(=O)C(=O)C(C)C.CC(C)C(=O)C(C)C.CC(C)C(=S)C(C)C.CC(C)C(C(C)C)=[N+](C)O.COC(OC)(C(C)C)C(C)C. The molecule has 72 heavy (non-hydrogen) atoms. The van der Waals surface area contributed by atoms with E-state index in [-0.39, 0.29) is 41.3 Å². The van der Waals surface area contributed by atoms with Gasteiger partial charge < -0.3 is 9.47 Å². The zero-order valence-electron chi connectivity index (χ0n) is 54.6. The summed E-state index contributed by atoms with van der Waals surface area (Å²) in [5.41, 5.74) is 3.79. The van der Waals surface area contributed by atoms with E-state index in [4.69, 9.17) is 31.7 Å². The lowest BCUT2D eigenvalue weighted by atomic mass is 9.91. The average Bonchev–Trinajstić information content (AvgIpc) is 3.22. The molecule has 0 heterocycles. The van der Waals surface area contributed by atoms with Crippen LogP contribution in [-0.4, -0.2) is 88.5 Å². The fraction of sp³-hybridized carbons (Fsp3) is 0.839. The molecule has 1 N–H and O–H groups in total. The Bertz CT molecular complexity index is 1290. The molecule has 0 saturated carbocycles. The number of hydrogen-bond donors (Lipinski definition) is 1. The first-order valence-electron chi connectivity index (χ1n) is 27.4. The number of ether oxygens (including phenoxy) is 2. The van der Waals surface area contributed by atoms with Crippen LogP contribution in [0, 0.1) is 82.9 Å². The van der Waals surface area contributed by atoms with E-state index in [0.29, 0.717) is 71.0 Å². The molecule has 0 fully saturated rings. The van der Waals surface area contributed by atoms with Crippen molar-refractivity contribution in [2.75, 3.05) is 21.3 Å². The topological polar surface area (TPSA) is 105 Å². The molecule has 0 aliphatic carbocycles. The fourth-order valence-electron chi connectivity index (χ4n) is 6.74. The largest absolute Gasteiger partial charge is 0.353 e. The van der Waals surface area contributed by atoms with Gasteiger partial charge in [-0.1, -0.05) is 230 Å². The molecule has 0 aliphatic rings. The molecule has 0 radical (unpaired) electrons. The van der Waals surface area contributed by atoms with Gasteiger partial charge in [-0.15, -0.1) is 0 Å². The number of ketones is 3. The van der Waals surface area contributed by atoms with Gasteiger partial charge in [0.25, 0.3) is 0 Å². The predicted octanol–water partition coefficient (Wildman–Crippen LogP) is 17.2. The van der Waals surface area contributed by atoms with Crippen molar-refractivity contribution in [3.8, 4) is 0 Å². The Morgan fingerprint density at radius 2 is 0.694 bits per heavy atom. The quantitative estimate of drug-likeness (QED) is 0.0188. The van der Waals surface area contributed by atoms with Crippen LogP contribution >= 0.6 is 12.2 Å². The van der Waals surface area contributed by atoms with Crippen LogP contribution in [0.2, 0.25) is 0 Å². The zero-order chi connectivity index (χ0) is 60.1. The highest BCUT2D eigenvalue weighted by atomic mass is 32.1. The number of hydroxylamine groups is 2. The van der Waals surface area contributed by atoms with E-state index >= 15 is 0 Å². The van der Waals surface area contributed by atoms with Crippen molar-refractivity contribution in [3.05, 3.63) is 24.3 Å². The number of Topliss-reactive ketones (excluding diaryl/α,β-unsaturated/α-hetero) is 3. The van der Waals surface area contributed by atoms with Crippen molar-refractivity contribution in [1.29, 1.82) is 0 Å². The van der Waals surface area contributed by atoms with Crippen LogP contribution < -0.4 is 0 Å². The Hall–Kier alpha value is -2.56. The van der Waals surface area contributed by atoms with Gasteiger partial charge in [0, 0.05) is 75.4 Å². The molecule has 0 amide bonds. The number of carbonyl (C=O) groups is 3. The summed E-state index contributed by atoms with van der Waals surface area (Å²) >= 11 is 5.10. The van der Waals surface area contributed by atoms with Gasteiger partial charge in [0.15, 0.2) is 31.7 Å². The Balaban J connectivity index is -0.000000109. The molecule has 0 saturated heterocycles. The summed E-state index contributed by atoms with van der Waals surface area (Å²) in [6, 6.07) is 0.354. The third-order valence-electron chi connectivity index (χ3n) is 11.3. The monoisotopic (exact) mass is 1040 g/mol. The Morgan fingerprint density at radius 3 is 0.722 bits per heavy atom. The summed E-state index contributed by atoms with van der Waals surface area (Å²) in [5, 5.41) is 9.15. The summed E-state index contributed by atoms with van der Waals surface area (Å²) in [6.07, 6.45) is 0.227. The van der Waals surface area contributed by atoms with Crippen LogP contribution in [0.4, 0.5) is 0 Å². The fourth-order valence-corrected chi connectivity index (χ4v) is 6.74. The summed E-state index contributed by atoms with van der Waals surface area (Å²) in [6.45, 7) is 77.1. The van der Waals surface area contributed by atoms with Gasteiger partial charge in [0.05, 0.1) is 0 Å². The molecule has 0 aromatic heterocycles. The highest BCUT2D eigenvalue weighted by Crippen LogP contribution is 2.30. The average molecular weight is 1050 g/mol. The highest BCUT2D eigenvalue weighted by Gasteiger charge is 2.37. The van der Waals surface area contributed by atoms with Gasteiger partial charge >= 0.3 is 0 Å². The Labute approximate surface area is 456 Å². The van der Waals surface area contributed by atoms with Crippen LogP contribution in [0.25, 0.3) is 0 Å². The van der Waals surface area contributed by atoms with E-state index in [1.54, 1.807) is 53.7 Å². The van der Waals surface area contributed by atoms with Crippen LogP contribution in [-0.2, 0) is 28.7 Å². The summed E-state index contributed by atoms with van der Waals surface area (Å²) in [7, 11) is 5.07. The first kappa shape index (κ1) is 86.2. The van der Waals surface area contributed by atoms with E-state index in [0.717, 1.165) is 5.71 Å². The number of rotatable bonds is 20. The van der Waals surface area contributed by atoms with E-state index < -0.39 is 5.79 Å². The smallest absolute Gasteiger partial charge is 0.208 e. The van der Waals surface area contributed by atoms with E-state index in [2.05, 4.69) is 158 Å². The summed E-state index contributed by atoms with van der Waals surface area (Å²) in [4.78, 5) is 39.1. The van der Waals surface area contributed by atoms with Crippen molar-refractivity contribution < 1.29 is 43.4 Å². The van der Waals surface area contributed by atoms with Crippen molar-refractivity contribution in [1.82, 2.24) is 0 Å². The second kappa shape index (κ2) is 46.9. The normalized spacial score (nSPS) is 11.0. The molecule has 0 unspecified atom stereocenters. The third kappa shape index (κ3) is 47.2. The molecule has 0 spiro atoms. The molecule has 0 aromatic rings. The minimum atomic E-state index is -0.417. The lowest BCUT2D eigenvalue weighted by Crippen LogP contribution is -2.44. The predicted molar refractivity (Wildman–Crippen MR) is 322 cm³/mol. The lowest BCUT2D eigenvalue weighted by molar-refractivity contribution is -0.809. The molecule has 0 bridgehead atoms. The van der Waals surface area contributed by atoms with Crippen LogP contribution in [0.15, 0.2) is 24.3 Å². The number of methoxy groups -OCH3 is 2. The van der Waals surface area contributed by atoms with Gasteiger partial charge in [0.1, 0.15) is 5.78 Å². The van der Waals surface area contributed by atoms with Gasteiger partial charge in [-0.05, 0) is 63.7 Å².